The Morgan fingerprint density at radius 1 is 1.32 bits per heavy atom. The van der Waals surface area contributed by atoms with Crippen molar-refractivity contribution in [3.63, 3.8) is 0 Å². The summed E-state index contributed by atoms with van der Waals surface area (Å²) in [5.41, 5.74) is 0.700. The molecule has 1 fully saturated rings. The molecular weight excluding hydrogens is 322 g/mol. The van der Waals surface area contributed by atoms with Crippen LogP contribution in [0.1, 0.15) is 47.5 Å². The Balaban J connectivity index is 2.53. The van der Waals surface area contributed by atoms with Crippen LogP contribution in [-0.2, 0) is 23.9 Å². The highest BCUT2D eigenvalue weighted by Gasteiger charge is 2.33. The van der Waals surface area contributed by atoms with Crippen molar-refractivity contribution in [3.8, 4) is 0 Å². The van der Waals surface area contributed by atoms with Crippen LogP contribution in [0.15, 0.2) is 23.8 Å². The first-order valence-electron chi connectivity index (χ1n) is 8.66. The van der Waals surface area contributed by atoms with Crippen molar-refractivity contribution in [2.45, 2.75) is 71.8 Å². The summed E-state index contributed by atoms with van der Waals surface area (Å²) in [6, 6.07) is -0.0800. The molecule has 1 rings (SSSR count). The zero-order chi connectivity index (χ0) is 19.0. The molecule has 25 heavy (non-hydrogen) atoms. The number of nitrogens with one attached hydrogen (secondary N) is 1. The van der Waals surface area contributed by atoms with Crippen molar-refractivity contribution >= 4 is 18.2 Å². The number of hydrogen-bond donors (Lipinski definition) is 1. The van der Waals surface area contributed by atoms with Gasteiger partial charge in [-0.15, -0.1) is 0 Å². The second kappa shape index (κ2) is 10.1. The first-order chi connectivity index (χ1) is 11.7. The van der Waals surface area contributed by atoms with Crippen molar-refractivity contribution in [1.29, 1.82) is 0 Å². The van der Waals surface area contributed by atoms with E-state index in [9.17, 15) is 14.4 Å². The molecular formula is C19H29NO5. The summed E-state index contributed by atoms with van der Waals surface area (Å²) in [5.74, 6) is -0.353. The molecule has 1 heterocycles. The van der Waals surface area contributed by atoms with E-state index in [1.807, 2.05) is 13.0 Å². The Hall–Kier alpha value is -1.95. The van der Waals surface area contributed by atoms with Crippen LogP contribution < -0.4 is 5.32 Å². The molecule has 1 saturated heterocycles. The predicted molar refractivity (Wildman–Crippen MR) is 94.9 cm³/mol. The van der Waals surface area contributed by atoms with Gasteiger partial charge in [-0.2, -0.15) is 0 Å². The summed E-state index contributed by atoms with van der Waals surface area (Å²) in [6.45, 7) is 8.81. The molecule has 0 aromatic rings. The van der Waals surface area contributed by atoms with E-state index >= 15 is 0 Å². The summed E-state index contributed by atoms with van der Waals surface area (Å²) >= 11 is 0. The molecule has 0 saturated carbocycles. The molecule has 1 unspecified atom stereocenters. The molecule has 1 aliphatic heterocycles. The predicted octanol–water partition coefficient (Wildman–Crippen LogP) is 2.33. The largest absolute Gasteiger partial charge is 0.459 e. The third kappa shape index (κ3) is 7.65. The van der Waals surface area contributed by atoms with Gasteiger partial charge in [0.1, 0.15) is 12.4 Å². The van der Waals surface area contributed by atoms with E-state index in [2.05, 4.69) is 12.2 Å². The van der Waals surface area contributed by atoms with Gasteiger partial charge in [0, 0.05) is 13.0 Å². The molecule has 1 N–H and O–H groups in total. The number of hydrogen-bond acceptors (Lipinski definition) is 5. The van der Waals surface area contributed by atoms with Crippen molar-refractivity contribution in [2.75, 3.05) is 0 Å². The van der Waals surface area contributed by atoms with Crippen LogP contribution in [0.25, 0.3) is 0 Å². The van der Waals surface area contributed by atoms with Crippen molar-refractivity contribution in [2.24, 2.45) is 5.92 Å². The topological polar surface area (TPSA) is 81.7 Å². The van der Waals surface area contributed by atoms with Gasteiger partial charge in [0.05, 0.1) is 18.2 Å². The Labute approximate surface area is 149 Å². The Morgan fingerprint density at radius 3 is 2.60 bits per heavy atom. The van der Waals surface area contributed by atoms with Crippen LogP contribution in [-0.4, -0.2) is 42.5 Å². The number of carbonyl (C=O) groups is 3. The minimum Gasteiger partial charge on any atom is -0.459 e. The zero-order valence-electron chi connectivity index (χ0n) is 15.7. The molecule has 1 amide bonds. The van der Waals surface area contributed by atoms with Crippen molar-refractivity contribution < 1.29 is 23.9 Å². The fraction of sp³-hybridized carbons (Fsp3) is 0.632. The van der Waals surface area contributed by atoms with Crippen molar-refractivity contribution in [1.82, 2.24) is 5.32 Å². The molecule has 0 aromatic heterocycles. The molecule has 0 spiro atoms. The Bertz CT molecular complexity index is 540. The molecule has 5 atom stereocenters. The maximum atomic E-state index is 12.0. The molecule has 6 nitrogen and oxygen atoms in total. The van der Waals surface area contributed by atoms with Gasteiger partial charge < -0.3 is 14.8 Å². The highest BCUT2D eigenvalue weighted by Crippen LogP contribution is 2.27. The first-order valence-corrected chi connectivity index (χ1v) is 8.66. The van der Waals surface area contributed by atoms with Crippen LogP contribution in [0.5, 0.6) is 0 Å². The Morgan fingerprint density at radius 2 is 2.00 bits per heavy atom. The summed E-state index contributed by atoms with van der Waals surface area (Å²) in [5, 5.41) is 2.94. The van der Waals surface area contributed by atoms with E-state index in [1.54, 1.807) is 19.9 Å². The maximum Gasteiger partial charge on any atom is 0.303 e. The number of aldehydes is 1. The van der Waals surface area contributed by atoms with Crippen LogP contribution in [0, 0.1) is 5.92 Å². The van der Waals surface area contributed by atoms with Gasteiger partial charge in [0.15, 0.2) is 0 Å². The number of esters is 1. The smallest absolute Gasteiger partial charge is 0.303 e. The van der Waals surface area contributed by atoms with E-state index in [-0.39, 0.29) is 36.0 Å². The number of ether oxygens (including phenoxy) is 2. The van der Waals surface area contributed by atoms with Crippen molar-refractivity contribution in [3.05, 3.63) is 23.8 Å². The second-order valence-electron chi connectivity index (χ2n) is 6.68. The van der Waals surface area contributed by atoms with E-state index < -0.39 is 6.10 Å². The molecule has 140 valence electrons. The highest BCUT2D eigenvalue weighted by molar-refractivity contribution is 5.87. The number of allylic oxidation sites excluding steroid dienone is 1. The minimum atomic E-state index is -0.445. The van der Waals surface area contributed by atoms with Gasteiger partial charge in [0.2, 0.25) is 5.91 Å². The summed E-state index contributed by atoms with van der Waals surface area (Å²) in [6.07, 6.45) is 6.63. The fourth-order valence-corrected chi connectivity index (χ4v) is 2.82. The van der Waals surface area contributed by atoms with Gasteiger partial charge in [-0.25, -0.2) is 0 Å². The molecule has 0 aromatic carbocycles. The molecule has 0 bridgehead atoms. The second-order valence-corrected chi connectivity index (χ2v) is 6.68. The molecule has 1 aliphatic rings. The molecule has 6 heteroatoms. The van der Waals surface area contributed by atoms with Gasteiger partial charge in [-0.3, -0.25) is 14.4 Å². The number of amides is 1. The minimum absolute atomic E-state index is 0.0394. The zero-order valence-corrected chi connectivity index (χ0v) is 15.7. The highest BCUT2D eigenvalue weighted by atomic mass is 16.5. The standard InChI is InChI=1S/C19H29NO5/c1-12(11-21)6-8-18-13(2)10-17(15(4)25-18)20-19(23)9-7-14(3)24-16(5)22/h6-7,9,11,13-15,17-18H,8,10H2,1-5H3,(H,20,23)/b9-7-,12-6+/t13-,14-,15?,17+,18-/m0/s1. The lowest BCUT2D eigenvalue weighted by atomic mass is 9.88. The summed E-state index contributed by atoms with van der Waals surface area (Å²) in [7, 11) is 0. The van der Waals surface area contributed by atoms with E-state index in [0.29, 0.717) is 12.0 Å². The lowest BCUT2D eigenvalue weighted by Crippen LogP contribution is -2.50. The first kappa shape index (κ1) is 21.1. The van der Waals surface area contributed by atoms with Gasteiger partial charge in [-0.05, 0) is 51.2 Å². The van der Waals surface area contributed by atoms with Gasteiger partial charge in [0.25, 0.3) is 0 Å². The van der Waals surface area contributed by atoms with Crippen LogP contribution in [0.4, 0.5) is 0 Å². The normalized spacial score (nSPS) is 28.4. The quantitative estimate of drug-likeness (QED) is 0.432. The maximum absolute atomic E-state index is 12.0. The average molecular weight is 351 g/mol. The lowest BCUT2D eigenvalue weighted by Gasteiger charge is -2.39. The van der Waals surface area contributed by atoms with E-state index in [4.69, 9.17) is 9.47 Å². The summed E-state index contributed by atoms with van der Waals surface area (Å²) < 4.78 is 11.0. The Kier molecular flexibility index (Phi) is 8.55. The molecule has 0 radical (unpaired) electrons. The fourth-order valence-electron chi connectivity index (χ4n) is 2.82. The van der Waals surface area contributed by atoms with Gasteiger partial charge in [-0.1, -0.05) is 13.0 Å². The van der Waals surface area contributed by atoms with Crippen LogP contribution in [0.2, 0.25) is 0 Å². The number of rotatable bonds is 7. The SMILES string of the molecule is CC(=O)O[C@@H](C)/C=C\C(=O)N[C@@H]1C[C@H](C)[C@H](C/C=C(\C)C=O)OC1C. The average Bonchev–Trinajstić information content (AvgIpc) is 2.53. The van der Waals surface area contributed by atoms with E-state index in [1.165, 1.54) is 13.0 Å². The third-order valence-corrected chi connectivity index (χ3v) is 4.27. The van der Waals surface area contributed by atoms with Crippen LogP contribution >= 0.6 is 0 Å². The van der Waals surface area contributed by atoms with Gasteiger partial charge >= 0.3 is 5.97 Å². The van der Waals surface area contributed by atoms with Crippen LogP contribution in [0.3, 0.4) is 0 Å². The third-order valence-electron chi connectivity index (χ3n) is 4.27. The summed E-state index contributed by atoms with van der Waals surface area (Å²) in [4.78, 5) is 33.6. The lowest BCUT2D eigenvalue weighted by molar-refractivity contribution is -0.143. The number of carbonyl (C=O) groups excluding carboxylic acids is 3. The monoisotopic (exact) mass is 351 g/mol. The molecule has 0 aliphatic carbocycles. The van der Waals surface area contributed by atoms with E-state index in [0.717, 1.165) is 12.7 Å².